The van der Waals surface area contributed by atoms with Crippen molar-refractivity contribution in [2.24, 2.45) is 5.92 Å². The second-order valence-electron chi connectivity index (χ2n) is 6.44. The van der Waals surface area contributed by atoms with E-state index in [1.165, 1.54) is 25.3 Å². The summed E-state index contributed by atoms with van der Waals surface area (Å²) in [5, 5.41) is 0. The van der Waals surface area contributed by atoms with Gasteiger partial charge in [-0.1, -0.05) is 12.8 Å². The number of benzene rings is 1. The van der Waals surface area contributed by atoms with E-state index in [1.807, 2.05) is 4.90 Å². The fraction of sp³-hybridized carbons (Fsp3) is 0.556. The average molecular weight is 334 g/mol. The molecule has 24 heavy (non-hydrogen) atoms. The van der Waals surface area contributed by atoms with Gasteiger partial charge in [-0.3, -0.25) is 9.59 Å². The SMILES string of the molecule is COc1ccc(F)cc1C(=O)N1CCN(C(=O)C2CCCC2)CC1. The van der Waals surface area contributed by atoms with Crippen LogP contribution >= 0.6 is 0 Å². The lowest BCUT2D eigenvalue weighted by atomic mass is 10.1. The predicted molar refractivity (Wildman–Crippen MR) is 87.4 cm³/mol. The Kier molecular flexibility index (Phi) is 5.02. The van der Waals surface area contributed by atoms with Crippen LogP contribution < -0.4 is 4.74 Å². The Balaban J connectivity index is 1.63. The smallest absolute Gasteiger partial charge is 0.257 e. The molecule has 130 valence electrons. The molecular weight excluding hydrogens is 311 g/mol. The number of amides is 2. The number of piperazine rings is 1. The Bertz CT molecular complexity index is 621. The summed E-state index contributed by atoms with van der Waals surface area (Å²) in [6, 6.07) is 3.94. The van der Waals surface area contributed by atoms with Crippen LogP contribution in [0.2, 0.25) is 0 Å². The molecule has 2 aliphatic rings. The molecule has 1 aromatic carbocycles. The molecule has 0 bridgehead atoms. The number of rotatable bonds is 3. The molecule has 2 fully saturated rings. The van der Waals surface area contributed by atoms with Crippen LogP contribution in [0, 0.1) is 11.7 Å². The average Bonchev–Trinajstić information content (AvgIpc) is 3.15. The Morgan fingerprint density at radius 1 is 1.08 bits per heavy atom. The summed E-state index contributed by atoms with van der Waals surface area (Å²) in [4.78, 5) is 28.6. The van der Waals surface area contributed by atoms with E-state index < -0.39 is 5.82 Å². The number of carbonyl (C=O) groups excluding carboxylic acids is 2. The molecule has 1 aliphatic heterocycles. The summed E-state index contributed by atoms with van der Waals surface area (Å²) >= 11 is 0. The molecule has 1 heterocycles. The van der Waals surface area contributed by atoms with Gasteiger partial charge in [-0.05, 0) is 31.0 Å². The van der Waals surface area contributed by atoms with Crippen LogP contribution in [0.4, 0.5) is 4.39 Å². The van der Waals surface area contributed by atoms with E-state index in [-0.39, 0.29) is 23.3 Å². The molecule has 0 unspecified atom stereocenters. The van der Waals surface area contributed by atoms with Crippen molar-refractivity contribution in [3.05, 3.63) is 29.6 Å². The van der Waals surface area contributed by atoms with Crippen molar-refractivity contribution >= 4 is 11.8 Å². The van der Waals surface area contributed by atoms with E-state index in [1.54, 1.807) is 4.90 Å². The first kappa shape index (κ1) is 16.7. The number of ether oxygens (including phenoxy) is 1. The number of halogens is 1. The highest BCUT2D eigenvalue weighted by Gasteiger charge is 2.31. The van der Waals surface area contributed by atoms with Gasteiger partial charge in [0.2, 0.25) is 5.91 Å². The Labute approximate surface area is 141 Å². The zero-order chi connectivity index (χ0) is 17.1. The molecule has 5 nitrogen and oxygen atoms in total. The molecule has 1 saturated heterocycles. The summed E-state index contributed by atoms with van der Waals surface area (Å²) < 4.78 is 18.6. The van der Waals surface area contributed by atoms with Gasteiger partial charge in [0, 0.05) is 32.1 Å². The lowest BCUT2D eigenvalue weighted by Gasteiger charge is -2.36. The normalized spacial score (nSPS) is 18.8. The second-order valence-corrected chi connectivity index (χ2v) is 6.44. The molecule has 0 N–H and O–H groups in total. The summed E-state index contributed by atoms with van der Waals surface area (Å²) in [7, 11) is 1.46. The molecule has 1 aliphatic carbocycles. The van der Waals surface area contributed by atoms with Gasteiger partial charge in [-0.25, -0.2) is 4.39 Å². The summed E-state index contributed by atoms with van der Waals surface area (Å²) in [5.41, 5.74) is 0.230. The van der Waals surface area contributed by atoms with Gasteiger partial charge in [0.05, 0.1) is 12.7 Å². The van der Waals surface area contributed by atoms with E-state index in [0.717, 1.165) is 25.7 Å². The van der Waals surface area contributed by atoms with Crippen LogP contribution in [0.3, 0.4) is 0 Å². The van der Waals surface area contributed by atoms with Crippen molar-refractivity contribution in [3.8, 4) is 5.75 Å². The molecule has 0 spiro atoms. The van der Waals surface area contributed by atoms with E-state index in [2.05, 4.69) is 0 Å². The maximum atomic E-state index is 13.5. The minimum Gasteiger partial charge on any atom is -0.496 e. The minimum atomic E-state index is -0.464. The van der Waals surface area contributed by atoms with Crippen LogP contribution in [-0.4, -0.2) is 54.9 Å². The van der Waals surface area contributed by atoms with Crippen molar-refractivity contribution in [2.45, 2.75) is 25.7 Å². The molecule has 6 heteroatoms. The Morgan fingerprint density at radius 3 is 2.33 bits per heavy atom. The standard InChI is InChI=1S/C18H23FN2O3/c1-24-16-7-6-14(19)12-15(16)18(23)21-10-8-20(9-11-21)17(22)13-4-2-3-5-13/h6-7,12-13H,2-5,8-11H2,1H3. The van der Waals surface area contributed by atoms with Gasteiger partial charge in [0.15, 0.2) is 0 Å². The first-order valence-electron chi connectivity index (χ1n) is 8.51. The predicted octanol–water partition coefficient (Wildman–Crippen LogP) is 2.31. The van der Waals surface area contributed by atoms with E-state index in [9.17, 15) is 14.0 Å². The van der Waals surface area contributed by atoms with Crippen molar-refractivity contribution in [3.63, 3.8) is 0 Å². The van der Waals surface area contributed by atoms with Crippen LogP contribution in [0.1, 0.15) is 36.0 Å². The highest BCUT2D eigenvalue weighted by Crippen LogP contribution is 2.27. The van der Waals surface area contributed by atoms with Crippen LogP contribution in [-0.2, 0) is 4.79 Å². The Morgan fingerprint density at radius 2 is 1.71 bits per heavy atom. The quantitative estimate of drug-likeness (QED) is 0.852. The number of carbonyl (C=O) groups is 2. The summed E-state index contributed by atoms with van der Waals surface area (Å²) in [5.74, 6) is 0.0397. The van der Waals surface area contributed by atoms with E-state index >= 15 is 0 Å². The van der Waals surface area contributed by atoms with Gasteiger partial charge >= 0.3 is 0 Å². The highest BCUT2D eigenvalue weighted by molar-refractivity contribution is 5.97. The van der Waals surface area contributed by atoms with Crippen molar-refractivity contribution in [1.82, 2.24) is 9.80 Å². The number of hydrogen-bond donors (Lipinski definition) is 0. The first-order valence-corrected chi connectivity index (χ1v) is 8.51. The summed E-state index contributed by atoms with van der Waals surface area (Å²) in [6.07, 6.45) is 4.24. The lowest BCUT2D eigenvalue weighted by Crippen LogP contribution is -2.51. The van der Waals surface area contributed by atoms with Gasteiger partial charge in [-0.15, -0.1) is 0 Å². The molecule has 0 radical (unpaired) electrons. The van der Waals surface area contributed by atoms with Crippen LogP contribution in [0.5, 0.6) is 5.75 Å². The first-order chi connectivity index (χ1) is 11.6. The monoisotopic (exact) mass is 334 g/mol. The summed E-state index contributed by atoms with van der Waals surface area (Å²) in [6.45, 7) is 2.02. The number of hydrogen-bond acceptors (Lipinski definition) is 3. The van der Waals surface area contributed by atoms with Crippen molar-refractivity contribution in [1.29, 1.82) is 0 Å². The van der Waals surface area contributed by atoms with Crippen LogP contribution in [0.25, 0.3) is 0 Å². The lowest BCUT2D eigenvalue weighted by molar-refractivity contribution is -0.136. The number of nitrogens with zero attached hydrogens (tertiary/aromatic N) is 2. The third-order valence-corrected chi connectivity index (χ3v) is 4.97. The van der Waals surface area contributed by atoms with Gasteiger partial charge < -0.3 is 14.5 Å². The largest absolute Gasteiger partial charge is 0.496 e. The van der Waals surface area contributed by atoms with Crippen LogP contribution in [0.15, 0.2) is 18.2 Å². The van der Waals surface area contributed by atoms with E-state index in [4.69, 9.17) is 4.74 Å². The molecule has 1 saturated carbocycles. The fourth-order valence-electron chi connectivity index (χ4n) is 3.58. The van der Waals surface area contributed by atoms with Gasteiger partial charge in [0.1, 0.15) is 11.6 Å². The molecule has 1 aromatic rings. The van der Waals surface area contributed by atoms with E-state index in [0.29, 0.717) is 31.9 Å². The minimum absolute atomic E-state index is 0.163. The van der Waals surface area contributed by atoms with Crippen molar-refractivity contribution < 1.29 is 18.7 Å². The third kappa shape index (κ3) is 3.37. The zero-order valence-corrected chi connectivity index (χ0v) is 14.0. The highest BCUT2D eigenvalue weighted by atomic mass is 19.1. The maximum Gasteiger partial charge on any atom is 0.257 e. The molecule has 0 aromatic heterocycles. The van der Waals surface area contributed by atoms with Crippen molar-refractivity contribution in [2.75, 3.05) is 33.3 Å². The van der Waals surface area contributed by atoms with Gasteiger partial charge in [-0.2, -0.15) is 0 Å². The van der Waals surface area contributed by atoms with Gasteiger partial charge in [0.25, 0.3) is 5.91 Å². The number of methoxy groups -OCH3 is 1. The molecule has 3 rings (SSSR count). The molecule has 0 atom stereocenters. The fourth-order valence-corrected chi connectivity index (χ4v) is 3.58. The third-order valence-electron chi connectivity index (χ3n) is 4.97. The maximum absolute atomic E-state index is 13.5. The topological polar surface area (TPSA) is 49.9 Å². The molecular formula is C18H23FN2O3. The Hall–Kier alpha value is -2.11. The molecule has 2 amide bonds. The zero-order valence-electron chi connectivity index (χ0n) is 14.0. The second kappa shape index (κ2) is 7.20.